The first-order valence-corrected chi connectivity index (χ1v) is 11.9. The van der Waals surface area contributed by atoms with Crippen LogP contribution < -0.4 is 10.6 Å². The van der Waals surface area contributed by atoms with Gasteiger partial charge in [-0.2, -0.15) is 0 Å². The van der Waals surface area contributed by atoms with Crippen molar-refractivity contribution >= 4 is 29.3 Å². The third kappa shape index (κ3) is 6.00. The van der Waals surface area contributed by atoms with E-state index < -0.39 is 6.04 Å². The van der Waals surface area contributed by atoms with Crippen LogP contribution in [0.15, 0.2) is 24.3 Å². The second-order valence-corrected chi connectivity index (χ2v) is 9.30. The third-order valence-electron chi connectivity index (χ3n) is 6.72. The quantitative estimate of drug-likeness (QED) is 0.667. The van der Waals surface area contributed by atoms with E-state index in [0.29, 0.717) is 36.5 Å². The molecule has 1 aromatic rings. The maximum Gasteiger partial charge on any atom is 0.253 e. The second-order valence-electron chi connectivity index (χ2n) is 8.89. The van der Waals surface area contributed by atoms with Gasteiger partial charge in [-0.3, -0.25) is 14.4 Å². The lowest BCUT2D eigenvalue weighted by Gasteiger charge is -2.37. The molecule has 3 rings (SSSR count). The fraction of sp³-hybridized carbons (Fsp3) is 0.625. The molecule has 0 radical (unpaired) electrons. The standard InChI is InChI=1S/C24H34ClN3O3/c1-3-16(2)26-23(30)21(27-22(29)19-10-6-7-11-20(19)25)17-12-14-28(15-13-17)24(31)18-8-4-5-9-18/h6-7,10-11,16-18,21H,3-5,8-9,12-15H2,1-2H3,(H,26,30)(H,27,29)/t16-,21-/m0/s1. The van der Waals surface area contributed by atoms with E-state index in [2.05, 4.69) is 10.6 Å². The summed E-state index contributed by atoms with van der Waals surface area (Å²) in [6.07, 6.45) is 6.46. The number of amides is 3. The van der Waals surface area contributed by atoms with Gasteiger partial charge in [0.2, 0.25) is 11.8 Å². The van der Waals surface area contributed by atoms with Crippen LogP contribution in [0.2, 0.25) is 5.02 Å². The number of benzene rings is 1. The Bertz CT molecular complexity index is 786. The van der Waals surface area contributed by atoms with E-state index in [1.54, 1.807) is 24.3 Å². The number of carbonyl (C=O) groups is 3. The highest BCUT2D eigenvalue weighted by molar-refractivity contribution is 6.33. The predicted molar refractivity (Wildman–Crippen MR) is 122 cm³/mol. The summed E-state index contributed by atoms with van der Waals surface area (Å²) in [7, 11) is 0. The van der Waals surface area contributed by atoms with E-state index in [0.717, 1.165) is 32.1 Å². The lowest BCUT2D eigenvalue weighted by molar-refractivity contribution is -0.137. The summed E-state index contributed by atoms with van der Waals surface area (Å²) in [5.41, 5.74) is 0.361. The first-order valence-electron chi connectivity index (χ1n) is 11.5. The molecule has 6 nitrogen and oxygen atoms in total. The van der Waals surface area contributed by atoms with Crippen molar-refractivity contribution in [1.29, 1.82) is 0 Å². The van der Waals surface area contributed by atoms with Gasteiger partial charge in [0, 0.05) is 25.0 Å². The average Bonchev–Trinajstić information content (AvgIpc) is 3.32. The highest BCUT2D eigenvalue weighted by atomic mass is 35.5. The molecule has 2 atom stereocenters. The number of nitrogens with one attached hydrogen (secondary N) is 2. The Labute approximate surface area is 190 Å². The molecule has 0 spiro atoms. The van der Waals surface area contributed by atoms with Crippen LogP contribution in [-0.2, 0) is 9.59 Å². The van der Waals surface area contributed by atoms with Crippen molar-refractivity contribution < 1.29 is 14.4 Å². The summed E-state index contributed by atoms with van der Waals surface area (Å²) in [5, 5.41) is 6.30. The molecule has 1 heterocycles. The zero-order valence-corrected chi connectivity index (χ0v) is 19.3. The zero-order valence-electron chi connectivity index (χ0n) is 18.5. The lowest BCUT2D eigenvalue weighted by atomic mass is 9.87. The topological polar surface area (TPSA) is 78.5 Å². The molecule has 1 aliphatic heterocycles. The molecule has 2 fully saturated rings. The van der Waals surface area contributed by atoms with E-state index in [1.165, 1.54) is 0 Å². The maximum absolute atomic E-state index is 13.0. The Kier molecular flexibility index (Phi) is 8.35. The van der Waals surface area contributed by atoms with Crippen LogP contribution in [0.4, 0.5) is 0 Å². The molecule has 0 unspecified atom stereocenters. The van der Waals surface area contributed by atoms with Crippen molar-refractivity contribution in [2.75, 3.05) is 13.1 Å². The Morgan fingerprint density at radius 2 is 1.71 bits per heavy atom. The minimum absolute atomic E-state index is 0.0243. The van der Waals surface area contributed by atoms with Crippen molar-refractivity contribution in [3.05, 3.63) is 34.9 Å². The highest BCUT2D eigenvalue weighted by Gasteiger charge is 2.36. The van der Waals surface area contributed by atoms with E-state index in [4.69, 9.17) is 11.6 Å². The van der Waals surface area contributed by atoms with Crippen LogP contribution in [0, 0.1) is 11.8 Å². The van der Waals surface area contributed by atoms with Crippen LogP contribution in [0.5, 0.6) is 0 Å². The van der Waals surface area contributed by atoms with Crippen LogP contribution in [0.3, 0.4) is 0 Å². The number of rotatable bonds is 7. The van der Waals surface area contributed by atoms with Crippen LogP contribution in [0.1, 0.15) is 69.2 Å². The van der Waals surface area contributed by atoms with Crippen LogP contribution >= 0.6 is 11.6 Å². The molecular formula is C24H34ClN3O3. The number of carbonyl (C=O) groups excluding carboxylic acids is 3. The molecule has 1 saturated heterocycles. The largest absolute Gasteiger partial charge is 0.352 e. The van der Waals surface area contributed by atoms with E-state index in [9.17, 15) is 14.4 Å². The van der Waals surface area contributed by atoms with Gasteiger partial charge in [0.15, 0.2) is 0 Å². The van der Waals surface area contributed by atoms with Crippen molar-refractivity contribution in [2.45, 2.75) is 70.9 Å². The Balaban J connectivity index is 1.68. The normalized spacial score (nSPS) is 19.6. The number of piperidine rings is 1. The van der Waals surface area contributed by atoms with Gasteiger partial charge in [0.25, 0.3) is 5.91 Å². The Morgan fingerprint density at radius 1 is 1.06 bits per heavy atom. The van der Waals surface area contributed by atoms with Crippen molar-refractivity contribution in [1.82, 2.24) is 15.5 Å². The highest BCUT2D eigenvalue weighted by Crippen LogP contribution is 2.29. The minimum Gasteiger partial charge on any atom is -0.352 e. The summed E-state index contributed by atoms with van der Waals surface area (Å²) < 4.78 is 0. The maximum atomic E-state index is 13.0. The molecular weight excluding hydrogens is 414 g/mol. The number of likely N-dealkylation sites (tertiary alicyclic amines) is 1. The van der Waals surface area contributed by atoms with Gasteiger partial charge in [-0.25, -0.2) is 0 Å². The van der Waals surface area contributed by atoms with E-state index in [1.807, 2.05) is 18.7 Å². The first kappa shape index (κ1) is 23.6. The van der Waals surface area contributed by atoms with Crippen molar-refractivity contribution in [3.63, 3.8) is 0 Å². The first-order chi connectivity index (χ1) is 14.9. The van der Waals surface area contributed by atoms with Crippen LogP contribution in [0.25, 0.3) is 0 Å². The molecule has 1 saturated carbocycles. The molecule has 2 aliphatic rings. The summed E-state index contributed by atoms with van der Waals surface area (Å²) in [5.74, 6) is -0.115. The Morgan fingerprint density at radius 3 is 2.32 bits per heavy atom. The molecule has 31 heavy (non-hydrogen) atoms. The van der Waals surface area contributed by atoms with Gasteiger partial charge >= 0.3 is 0 Å². The number of hydrogen-bond donors (Lipinski definition) is 2. The molecule has 170 valence electrons. The van der Waals surface area contributed by atoms with Crippen molar-refractivity contribution in [2.24, 2.45) is 11.8 Å². The van der Waals surface area contributed by atoms with Gasteiger partial charge in [-0.15, -0.1) is 0 Å². The predicted octanol–water partition coefficient (Wildman–Crippen LogP) is 3.78. The Hall–Kier alpha value is -2.08. The molecule has 3 amide bonds. The number of halogens is 1. The van der Waals surface area contributed by atoms with E-state index in [-0.39, 0.29) is 35.6 Å². The number of hydrogen-bond acceptors (Lipinski definition) is 3. The molecule has 1 aromatic carbocycles. The molecule has 1 aliphatic carbocycles. The summed E-state index contributed by atoms with van der Waals surface area (Å²) >= 11 is 6.19. The molecule has 2 N–H and O–H groups in total. The fourth-order valence-electron chi connectivity index (χ4n) is 4.58. The van der Waals surface area contributed by atoms with Crippen LogP contribution in [-0.4, -0.2) is 47.8 Å². The van der Waals surface area contributed by atoms with Gasteiger partial charge in [-0.05, 0) is 57.1 Å². The zero-order chi connectivity index (χ0) is 22.4. The van der Waals surface area contributed by atoms with Gasteiger partial charge in [0.1, 0.15) is 6.04 Å². The summed E-state index contributed by atoms with van der Waals surface area (Å²) in [6.45, 7) is 5.23. The average molecular weight is 448 g/mol. The lowest BCUT2D eigenvalue weighted by Crippen LogP contribution is -2.55. The summed E-state index contributed by atoms with van der Waals surface area (Å²) in [6, 6.07) is 6.21. The second kappa shape index (κ2) is 11.0. The van der Waals surface area contributed by atoms with Gasteiger partial charge in [-0.1, -0.05) is 43.5 Å². The van der Waals surface area contributed by atoms with E-state index >= 15 is 0 Å². The minimum atomic E-state index is -0.651. The molecule has 0 aromatic heterocycles. The number of nitrogens with zero attached hydrogens (tertiary/aromatic N) is 1. The van der Waals surface area contributed by atoms with Gasteiger partial charge in [0.05, 0.1) is 10.6 Å². The summed E-state index contributed by atoms with van der Waals surface area (Å²) in [4.78, 5) is 40.6. The van der Waals surface area contributed by atoms with Gasteiger partial charge < -0.3 is 15.5 Å². The fourth-order valence-corrected chi connectivity index (χ4v) is 4.80. The molecule has 7 heteroatoms. The smallest absolute Gasteiger partial charge is 0.253 e. The third-order valence-corrected chi connectivity index (χ3v) is 7.05. The SMILES string of the molecule is CC[C@H](C)NC(=O)[C@@H](NC(=O)c1ccccc1Cl)C1CCN(C(=O)C2CCCC2)CC1. The van der Waals surface area contributed by atoms with Crippen molar-refractivity contribution in [3.8, 4) is 0 Å². The monoisotopic (exact) mass is 447 g/mol. The molecule has 0 bridgehead atoms.